The minimum absolute atomic E-state index is 0.117. The number of amides is 2. The van der Waals surface area contributed by atoms with Crippen LogP contribution in [0.1, 0.15) is 43.0 Å². The third-order valence-electron chi connectivity index (χ3n) is 3.47. The predicted molar refractivity (Wildman–Crippen MR) is 72.5 cm³/mol. The zero-order valence-electron chi connectivity index (χ0n) is 11.8. The van der Waals surface area contributed by atoms with Crippen molar-refractivity contribution in [3.05, 3.63) is 23.7 Å². The molecule has 0 aliphatic carbocycles. The summed E-state index contributed by atoms with van der Waals surface area (Å²) in [5.74, 6) is -0.791. The van der Waals surface area contributed by atoms with Gasteiger partial charge in [0.05, 0.1) is 6.54 Å². The van der Waals surface area contributed by atoms with E-state index < -0.39 is 5.97 Å². The molecule has 6 nitrogen and oxygen atoms in total. The fourth-order valence-corrected chi connectivity index (χ4v) is 2.46. The van der Waals surface area contributed by atoms with Crippen molar-refractivity contribution in [2.75, 3.05) is 13.1 Å². The number of carbonyl (C=O) groups is 2. The lowest BCUT2D eigenvalue weighted by Gasteiger charge is -2.37. The highest BCUT2D eigenvalue weighted by molar-refractivity contribution is 5.84. The lowest BCUT2D eigenvalue weighted by molar-refractivity contribution is 0.0660. The average molecular weight is 280 g/mol. The summed E-state index contributed by atoms with van der Waals surface area (Å²) in [4.78, 5) is 24.5. The molecule has 1 fully saturated rings. The first kappa shape index (κ1) is 14.4. The molecule has 0 unspecified atom stereocenters. The Bertz CT molecular complexity index is 507. The fourth-order valence-electron chi connectivity index (χ4n) is 2.46. The van der Waals surface area contributed by atoms with E-state index in [1.807, 2.05) is 0 Å². The van der Waals surface area contributed by atoms with Gasteiger partial charge in [0.15, 0.2) is 0 Å². The molecule has 0 spiro atoms. The van der Waals surface area contributed by atoms with Crippen LogP contribution in [-0.2, 0) is 6.54 Å². The summed E-state index contributed by atoms with van der Waals surface area (Å²) in [7, 11) is 0. The molecular weight excluding hydrogens is 260 g/mol. The monoisotopic (exact) mass is 280 g/mol. The minimum Gasteiger partial charge on any atom is -0.475 e. The summed E-state index contributed by atoms with van der Waals surface area (Å²) < 4.78 is 5.09. The Morgan fingerprint density at radius 2 is 2.20 bits per heavy atom. The molecule has 2 heterocycles. The molecule has 0 atom stereocenters. The first-order chi connectivity index (χ1) is 9.37. The van der Waals surface area contributed by atoms with E-state index in [1.165, 1.54) is 6.07 Å². The van der Waals surface area contributed by atoms with Crippen molar-refractivity contribution in [3.8, 4) is 0 Å². The van der Waals surface area contributed by atoms with E-state index in [9.17, 15) is 9.59 Å². The Morgan fingerprint density at radius 1 is 1.45 bits per heavy atom. The molecule has 0 bridgehead atoms. The normalized spacial score (nSPS) is 17.8. The number of nitrogens with zero attached hydrogens (tertiary/aromatic N) is 1. The molecule has 1 aromatic rings. The Hall–Kier alpha value is -1.98. The Labute approximate surface area is 117 Å². The molecule has 0 saturated carbocycles. The van der Waals surface area contributed by atoms with Crippen LogP contribution in [0.5, 0.6) is 0 Å². The summed E-state index contributed by atoms with van der Waals surface area (Å²) in [5.41, 5.74) is 0.150. The third-order valence-corrected chi connectivity index (χ3v) is 3.47. The lowest BCUT2D eigenvalue weighted by Crippen LogP contribution is -2.47. The van der Waals surface area contributed by atoms with Gasteiger partial charge in [-0.1, -0.05) is 13.8 Å². The lowest BCUT2D eigenvalue weighted by atomic mass is 9.84. The number of urea groups is 1. The molecule has 0 radical (unpaired) electrons. The Balaban J connectivity index is 1.86. The highest BCUT2D eigenvalue weighted by Crippen LogP contribution is 2.28. The van der Waals surface area contributed by atoms with Gasteiger partial charge in [-0.3, -0.25) is 0 Å². The van der Waals surface area contributed by atoms with Gasteiger partial charge < -0.3 is 19.7 Å². The van der Waals surface area contributed by atoms with Gasteiger partial charge in [-0.2, -0.15) is 0 Å². The van der Waals surface area contributed by atoms with Gasteiger partial charge in [0.25, 0.3) is 0 Å². The number of rotatable bonds is 3. The smallest absolute Gasteiger partial charge is 0.371 e. The second-order valence-electron chi connectivity index (χ2n) is 5.92. The molecular formula is C14H20N2O4. The van der Waals surface area contributed by atoms with E-state index >= 15 is 0 Å². The zero-order chi connectivity index (χ0) is 14.8. The number of carboxylic acid groups (broad SMARTS) is 1. The van der Waals surface area contributed by atoms with Crippen LogP contribution < -0.4 is 5.32 Å². The van der Waals surface area contributed by atoms with Gasteiger partial charge in [-0.05, 0) is 30.4 Å². The van der Waals surface area contributed by atoms with Crippen LogP contribution >= 0.6 is 0 Å². The summed E-state index contributed by atoms with van der Waals surface area (Å²) in [6.45, 7) is 5.99. The number of piperidine rings is 1. The van der Waals surface area contributed by atoms with E-state index in [1.54, 1.807) is 11.0 Å². The van der Waals surface area contributed by atoms with E-state index in [0.717, 1.165) is 25.9 Å². The van der Waals surface area contributed by atoms with Gasteiger partial charge in [-0.15, -0.1) is 0 Å². The van der Waals surface area contributed by atoms with E-state index in [-0.39, 0.29) is 23.8 Å². The number of aromatic carboxylic acids is 1. The van der Waals surface area contributed by atoms with Gasteiger partial charge in [0, 0.05) is 13.1 Å². The van der Waals surface area contributed by atoms with Crippen molar-refractivity contribution < 1.29 is 19.1 Å². The molecule has 2 amide bonds. The summed E-state index contributed by atoms with van der Waals surface area (Å²) >= 11 is 0. The first-order valence-electron chi connectivity index (χ1n) is 6.72. The largest absolute Gasteiger partial charge is 0.475 e. The predicted octanol–water partition coefficient (Wildman–Crippen LogP) is 2.31. The van der Waals surface area contributed by atoms with E-state index in [0.29, 0.717) is 5.76 Å². The van der Waals surface area contributed by atoms with Crippen molar-refractivity contribution in [3.63, 3.8) is 0 Å². The number of nitrogens with one attached hydrogen (secondary N) is 1. The number of carbonyl (C=O) groups excluding carboxylic acids is 1. The number of likely N-dealkylation sites (tertiary alicyclic amines) is 1. The second-order valence-corrected chi connectivity index (χ2v) is 5.92. The molecule has 2 N–H and O–H groups in total. The third kappa shape index (κ3) is 3.53. The summed E-state index contributed by atoms with van der Waals surface area (Å²) in [6.07, 6.45) is 2.13. The van der Waals surface area contributed by atoms with E-state index in [4.69, 9.17) is 9.52 Å². The van der Waals surface area contributed by atoms with Crippen LogP contribution in [0.2, 0.25) is 0 Å². The average Bonchev–Trinajstić information content (AvgIpc) is 2.83. The molecule has 1 saturated heterocycles. The molecule has 0 aromatic carbocycles. The molecule has 1 aliphatic heterocycles. The maximum Gasteiger partial charge on any atom is 0.371 e. The maximum atomic E-state index is 12.1. The van der Waals surface area contributed by atoms with Gasteiger partial charge in [-0.25, -0.2) is 9.59 Å². The quantitative estimate of drug-likeness (QED) is 0.890. The van der Waals surface area contributed by atoms with Crippen molar-refractivity contribution in [1.29, 1.82) is 0 Å². The minimum atomic E-state index is -1.11. The Morgan fingerprint density at radius 3 is 2.80 bits per heavy atom. The van der Waals surface area contributed by atoms with Crippen LogP contribution in [0, 0.1) is 5.41 Å². The standard InChI is InChI=1S/C14H20N2O4/c1-14(2)6-3-7-16(9-14)13(19)15-8-10-4-5-11(20-10)12(17)18/h4-5H,3,6-9H2,1-2H3,(H,15,19)(H,17,18). The number of furan rings is 1. The van der Waals surface area contributed by atoms with Crippen LogP contribution in [0.25, 0.3) is 0 Å². The van der Waals surface area contributed by atoms with Gasteiger partial charge >= 0.3 is 12.0 Å². The number of hydrogen-bond acceptors (Lipinski definition) is 3. The molecule has 110 valence electrons. The van der Waals surface area contributed by atoms with Crippen LogP contribution in [-0.4, -0.2) is 35.1 Å². The summed E-state index contributed by atoms with van der Waals surface area (Å²) in [6, 6.07) is 2.81. The van der Waals surface area contributed by atoms with Gasteiger partial charge in [0.1, 0.15) is 5.76 Å². The van der Waals surface area contributed by atoms with Gasteiger partial charge in [0.2, 0.25) is 5.76 Å². The van der Waals surface area contributed by atoms with E-state index in [2.05, 4.69) is 19.2 Å². The number of carboxylic acids is 1. The topological polar surface area (TPSA) is 82.8 Å². The highest BCUT2D eigenvalue weighted by Gasteiger charge is 2.28. The highest BCUT2D eigenvalue weighted by atomic mass is 16.4. The van der Waals surface area contributed by atoms with Crippen molar-refractivity contribution in [2.45, 2.75) is 33.2 Å². The zero-order valence-corrected chi connectivity index (χ0v) is 11.8. The summed E-state index contributed by atoms with van der Waals surface area (Å²) in [5, 5.41) is 11.5. The number of hydrogen-bond donors (Lipinski definition) is 2. The fraction of sp³-hybridized carbons (Fsp3) is 0.571. The molecule has 2 rings (SSSR count). The Kier molecular flexibility index (Phi) is 4.01. The second kappa shape index (κ2) is 5.56. The molecule has 6 heteroatoms. The molecule has 1 aliphatic rings. The first-order valence-corrected chi connectivity index (χ1v) is 6.72. The van der Waals surface area contributed by atoms with Crippen LogP contribution in [0.3, 0.4) is 0 Å². The maximum absolute atomic E-state index is 12.1. The van der Waals surface area contributed by atoms with Crippen molar-refractivity contribution in [1.82, 2.24) is 10.2 Å². The van der Waals surface area contributed by atoms with Crippen LogP contribution in [0.15, 0.2) is 16.5 Å². The van der Waals surface area contributed by atoms with Crippen LogP contribution in [0.4, 0.5) is 4.79 Å². The van der Waals surface area contributed by atoms with Crippen molar-refractivity contribution >= 4 is 12.0 Å². The SMILES string of the molecule is CC1(C)CCCN(C(=O)NCc2ccc(C(=O)O)o2)C1. The molecule has 20 heavy (non-hydrogen) atoms. The van der Waals surface area contributed by atoms with Crippen molar-refractivity contribution in [2.24, 2.45) is 5.41 Å². The molecule has 1 aromatic heterocycles.